The topological polar surface area (TPSA) is 84.4 Å². The molecular formula is C22H22F2N4O3S2. The van der Waals surface area contributed by atoms with Gasteiger partial charge in [-0.3, -0.25) is 9.62 Å². The number of rotatable bonds is 5. The number of halogens is 2. The van der Waals surface area contributed by atoms with Crippen LogP contribution >= 0.6 is 11.5 Å². The van der Waals surface area contributed by atoms with E-state index in [9.17, 15) is 17.2 Å². The van der Waals surface area contributed by atoms with Gasteiger partial charge in [-0.2, -0.15) is 4.37 Å². The SMILES string of the molecule is O=S(=O)(Nc1ncns1)c1ccc2c(c1)OCC[C@H]2N1CCC(F)(F)C[C@@H]1c1ccccc1. The maximum absolute atomic E-state index is 14.4. The molecule has 0 saturated carbocycles. The van der Waals surface area contributed by atoms with Crippen LogP contribution in [0.5, 0.6) is 5.75 Å². The van der Waals surface area contributed by atoms with Crippen LogP contribution in [0, 0.1) is 0 Å². The minimum absolute atomic E-state index is 0.0434. The Morgan fingerprint density at radius 2 is 1.97 bits per heavy atom. The van der Waals surface area contributed by atoms with Crippen molar-refractivity contribution in [3.63, 3.8) is 0 Å². The van der Waals surface area contributed by atoms with E-state index in [1.807, 2.05) is 30.3 Å². The highest BCUT2D eigenvalue weighted by atomic mass is 32.2. The third-order valence-electron chi connectivity index (χ3n) is 6.10. The zero-order chi connectivity index (χ0) is 23.1. The molecule has 2 aliphatic heterocycles. The van der Waals surface area contributed by atoms with Crippen molar-refractivity contribution in [2.24, 2.45) is 0 Å². The molecule has 0 radical (unpaired) electrons. The van der Waals surface area contributed by atoms with Gasteiger partial charge in [-0.05, 0) is 11.6 Å². The molecule has 0 bridgehead atoms. The van der Waals surface area contributed by atoms with Crippen LogP contribution in [0.25, 0.3) is 0 Å². The Bertz CT molecular complexity index is 1220. The molecule has 0 aliphatic carbocycles. The molecule has 0 amide bonds. The van der Waals surface area contributed by atoms with E-state index >= 15 is 0 Å². The molecule has 2 atom stereocenters. The van der Waals surface area contributed by atoms with Gasteiger partial charge in [0.15, 0.2) is 0 Å². The lowest BCUT2D eigenvalue weighted by molar-refractivity contribution is -0.0931. The standard InChI is InChI=1S/C22H22F2N4O3S2/c23-22(24)9-10-28(19(13-22)15-4-2-1-3-5-15)18-8-11-31-20-12-16(6-7-17(18)20)33(29,30)27-21-25-14-26-32-21/h1-7,12,14,18-19H,8-11,13H2,(H,25,26,27)/t18-,19-/m1/s1. The number of anilines is 1. The highest BCUT2D eigenvalue weighted by Crippen LogP contribution is 2.47. The molecule has 3 heterocycles. The first-order valence-electron chi connectivity index (χ1n) is 10.6. The lowest BCUT2D eigenvalue weighted by Gasteiger charge is -2.45. The van der Waals surface area contributed by atoms with Gasteiger partial charge in [0.25, 0.3) is 15.9 Å². The molecular weight excluding hydrogens is 470 g/mol. The number of sulfonamides is 1. The van der Waals surface area contributed by atoms with Gasteiger partial charge in [-0.25, -0.2) is 22.2 Å². The average molecular weight is 493 g/mol. The van der Waals surface area contributed by atoms with Crippen LogP contribution < -0.4 is 9.46 Å². The molecule has 1 N–H and O–H groups in total. The van der Waals surface area contributed by atoms with Gasteiger partial charge in [0.05, 0.1) is 11.5 Å². The van der Waals surface area contributed by atoms with Crippen molar-refractivity contribution in [1.29, 1.82) is 0 Å². The third kappa shape index (κ3) is 4.57. The molecule has 1 saturated heterocycles. The molecule has 1 fully saturated rings. The minimum Gasteiger partial charge on any atom is -0.493 e. The Balaban J connectivity index is 1.46. The zero-order valence-electron chi connectivity index (χ0n) is 17.5. The highest BCUT2D eigenvalue weighted by Gasteiger charge is 2.44. The molecule has 5 rings (SSSR count). The summed E-state index contributed by atoms with van der Waals surface area (Å²) in [7, 11) is -3.86. The summed E-state index contributed by atoms with van der Waals surface area (Å²) in [6.45, 7) is 0.620. The number of likely N-dealkylation sites (tertiary alicyclic amines) is 1. The number of alkyl halides is 2. The second kappa shape index (κ2) is 8.62. The predicted octanol–water partition coefficient (Wildman–Crippen LogP) is 4.63. The first kappa shape index (κ1) is 22.2. The Kier molecular flexibility index (Phi) is 5.79. The van der Waals surface area contributed by atoms with Crippen molar-refractivity contribution >= 4 is 26.7 Å². The van der Waals surface area contributed by atoms with E-state index < -0.39 is 22.0 Å². The number of fused-ring (bicyclic) bond motifs is 1. The number of benzene rings is 2. The Morgan fingerprint density at radius 3 is 2.73 bits per heavy atom. The molecule has 174 valence electrons. The maximum atomic E-state index is 14.4. The lowest BCUT2D eigenvalue weighted by Crippen LogP contribution is -2.44. The Morgan fingerprint density at radius 1 is 1.15 bits per heavy atom. The number of hydrogen-bond acceptors (Lipinski definition) is 7. The van der Waals surface area contributed by atoms with Crippen LogP contribution in [0.1, 0.15) is 42.5 Å². The van der Waals surface area contributed by atoms with Gasteiger partial charge in [0.2, 0.25) is 5.13 Å². The highest BCUT2D eigenvalue weighted by molar-refractivity contribution is 7.93. The summed E-state index contributed by atoms with van der Waals surface area (Å²) in [6, 6.07) is 13.5. The normalized spacial score (nSPS) is 22.8. The van der Waals surface area contributed by atoms with E-state index in [4.69, 9.17) is 4.74 Å². The van der Waals surface area contributed by atoms with Crippen molar-refractivity contribution in [1.82, 2.24) is 14.3 Å². The lowest BCUT2D eigenvalue weighted by atomic mass is 9.88. The van der Waals surface area contributed by atoms with Crippen molar-refractivity contribution in [2.45, 2.75) is 42.2 Å². The molecule has 0 unspecified atom stereocenters. The molecule has 1 aromatic heterocycles. The summed E-state index contributed by atoms with van der Waals surface area (Å²) in [5.41, 5.74) is 1.66. The smallest absolute Gasteiger partial charge is 0.263 e. The number of piperidine rings is 1. The Hall–Kier alpha value is -2.63. The van der Waals surface area contributed by atoms with Crippen LogP contribution in [0.15, 0.2) is 59.8 Å². The molecule has 2 aliphatic rings. The molecule has 2 aromatic carbocycles. The first-order valence-corrected chi connectivity index (χ1v) is 12.8. The fourth-order valence-corrected chi connectivity index (χ4v) is 6.24. The van der Waals surface area contributed by atoms with Crippen molar-refractivity contribution in [2.75, 3.05) is 17.9 Å². The largest absolute Gasteiger partial charge is 0.493 e. The fraction of sp³-hybridized carbons (Fsp3) is 0.364. The van der Waals surface area contributed by atoms with Crippen LogP contribution in [0.2, 0.25) is 0 Å². The summed E-state index contributed by atoms with van der Waals surface area (Å²) in [6.07, 6.45) is 1.45. The number of hydrogen-bond donors (Lipinski definition) is 1. The zero-order valence-corrected chi connectivity index (χ0v) is 19.2. The predicted molar refractivity (Wildman–Crippen MR) is 120 cm³/mol. The van der Waals surface area contributed by atoms with Crippen LogP contribution in [0.4, 0.5) is 13.9 Å². The average Bonchev–Trinajstić information content (AvgIpc) is 3.31. The summed E-state index contributed by atoms with van der Waals surface area (Å²) in [5, 5.41) is 0.173. The quantitative estimate of drug-likeness (QED) is 0.559. The first-order chi connectivity index (χ1) is 15.8. The monoisotopic (exact) mass is 492 g/mol. The molecule has 0 spiro atoms. The second-order valence-electron chi connectivity index (χ2n) is 8.18. The van der Waals surface area contributed by atoms with E-state index in [0.29, 0.717) is 18.8 Å². The van der Waals surface area contributed by atoms with E-state index in [-0.39, 0.29) is 35.5 Å². The van der Waals surface area contributed by atoms with Gasteiger partial charge in [0, 0.05) is 61.1 Å². The number of aromatic nitrogens is 2. The van der Waals surface area contributed by atoms with E-state index in [0.717, 1.165) is 22.7 Å². The minimum atomic E-state index is -3.86. The van der Waals surface area contributed by atoms with Crippen LogP contribution in [-0.4, -0.2) is 41.7 Å². The maximum Gasteiger partial charge on any atom is 0.263 e. The van der Waals surface area contributed by atoms with Crippen molar-refractivity contribution < 1.29 is 21.9 Å². The number of nitrogens with one attached hydrogen (secondary N) is 1. The van der Waals surface area contributed by atoms with Gasteiger partial charge < -0.3 is 4.74 Å². The molecule has 7 nitrogen and oxygen atoms in total. The van der Waals surface area contributed by atoms with Gasteiger partial charge in [-0.1, -0.05) is 36.4 Å². The summed E-state index contributed by atoms with van der Waals surface area (Å²) in [5.74, 6) is -2.27. The summed E-state index contributed by atoms with van der Waals surface area (Å²) in [4.78, 5) is 6.01. The van der Waals surface area contributed by atoms with Crippen LogP contribution in [-0.2, 0) is 10.0 Å². The Labute approximate surface area is 194 Å². The van der Waals surface area contributed by atoms with E-state index in [1.54, 1.807) is 6.07 Å². The second-order valence-corrected chi connectivity index (χ2v) is 10.6. The van der Waals surface area contributed by atoms with Gasteiger partial charge in [0.1, 0.15) is 12.1 Å². The van der Waals surface area contributed by atoms with Gasteiger partial charge in [-0.15, -0.1) is 0 Å². The summed E-state index contributed by atoms with van der Waals surface area (Å²) >= 11 is 0.940. The van der Waals surface area contributed by atoms with Gasteiger partial charge >= 0.3 is 0 Å². The van der Waals surface area contributed by atoms with Crippen molar-refractivity contribution in [3.8, 4) is 5.75 Å². The third-order valence-corrected chi connectivity index (χ3v) is 8.14. The molecule has 3 aromatic rings. The van der Waals surface area contributed by atoms with Crippen LogP contribution in [0.3, 0.4) is 0 Å². The van der Waals surface area contributed by atoms with Crippen molar-refractivity contribution in [3.05, 3.63) is 66.0 Å². The number of nitrogens with zero attached hydrogens (tertiary/aromatic N) is 3. The molecule has 11 heteroatoms. The van der Waals surface area contributed by atoms with E-state index in [1.165, 1.54) is 18.5 Å². The molecule has 33 heavy (non-hydrogen) atoms. The fourth-order valence-electron chi connectivity index (χ4n) is 4.56. The number of ether oxygens (including phenoxy) is 1. The van der Waals surface area contributed by atoms with E-state index in [2.05, 4.69) is 19.0 Å². The summed E-state index contributed by atoms with van der Waals surface area (Å²) < 4.78 is 66.3.